The highest BCUT2D eigenvalue weighted by Gasteiger charge is 2.27. The summed E-state index contributed by atoms with van der Waals surface area (Å²) in [5.74, 6) is 0.587. The Morgan fingerprint density at radius 2 is 2.00 bits per heavy atom. The van der Waals surface area contributed by atoms with Crippen molar-refractivity contribution in [1.82, 2.24) is 5.32 Å². The fourth-order valence-corrected chi connectivity index (χ4v) is 2.35. The average molecular weight is 229 g/mol. The average Bonchev–Trinajstić information content (AvgIpc) is 2.81. The largest absolute Gasteiger partial charge is 0.381 e. The van der Waals surface area contributed by atoms with Crippen LogP contribution in [0.4, 0.5) is 0 Å². The van der Waals surface area contributed by atoms with Gasteiger partial charge in [-0.2, -0.15) is 0 Å². The molecule has 0 aromatic heterocycles. The van der Waals surface area contributed by atoms with Crippen LogP contribution in [0.5, 0.6) is 0 Å². The number of hydrogen-bond acceptors (Lipinski definition) is 4. The van der Waals surface area contributed by atoms with Crippen LogP contribution in [0, 0.1) is 5.92 Å². The summed E-state index contributed by atoms with van der Waals surface area (Å²) >= 11 is 0. The Kier molecular flexibility index (Phi) is 5.03. The standard InChI is InChI=1S/C12H23NO3/c1-2-13-11-4-6-15-9-12(11)16-8-10-3-5-14-7-10/h10-13H,2-9H2,1H3. The van der Waals surface area contributed by atoms with Crippen LogP contribution in [-0.4, -0.2) is 51.7 Å². The van der Waals surface area contributed by atoms with Gasteiger partial charge in [-0.05, 0) is 19.4 Å². The normalized spacial score (nSPS) is 35.4. The third-order valence-corrected chi connectivity index (χ3v) is 3.34. The topological polar surface area (TPSA) is 39.7 Å². The van der Waals surface area contributed by atoms with Gasteiger partial charge in [0.1, 0.15) is 0 Å². The Balaban J connectivity index is 1.72. The maximum absolute atomic E-state index is 5.96. The molecule has 3 atom stereocenters. The number of rotatable bonds is 5. The van der Waals surface area contributed by atoms with E-state index >= 15 is 0 Å². The summed E-state index contributed by atoms with van der Waals surface area (Å²) in [4.78, 5) is 0. The van der Waals surface area contributed by atoms with Crippen molar-refractivity contribution in [2.24, 2.45) is 5.92 Å². The molecular formula is C12H23NO3. The van der Waals surface area contributed by atoms with Crippen molar-refractivity contribution in [3.8, 4) is 0 Å². The molecule has 2 fully saturated rings. The van der Waals surface area contributed by atoms with E-state index in [1.54, 1.807) is 0 Å². The van der Waals surface area contributed by atoms with Gasteiger partial charge in [0.05, 0.1) is 25.9 Å². The summed E-state index contributed by atoms with van der Waals surface area (Å²) in [5.41, 5.74) is 0. The maximum Gasteiger partial charge on any atom is 0.0961 e. The van der Waals surface area contributed by atoms with E-state index < -0.39 is 0 Å². The fraction of sp³-hybridized carbons (Fsp3) is 1.00. The van der Waals surface area contributed by atoms with Gasteiger partial charge < -0.3 is 19.5 Å². The zero-order valence-corrected chi connectivity index (χ0v) is 10.1. The van der Waals surface area contributed by atoms with Crippen LogP contribution >= 0.6 is 0 Å². The molecular weight excluding hydrogens is 206 g/mol. The van der Waals surface area contributed by atoms with Gasteiger partial charge in [0, 0.05) is 25.2 Å². The van der Waals surface area contributed by atoms with Gasteiger partial charge in [0.25, 0.3) is 0 Å². The second kappa shape index (κ2) is 6.55. The third kappa shape index (κ3) is 3.42. The van der Waals surface area contributed by atoms with Crippen molar-refractivity contribution in [1.29, 1.82) is 0 Å². The van der Waals surface area contributed by atoms with E-state index in [0.29, 0.717) is 12.0 Å². The minimum atomic E-state index is 0.217. The lowest BCUT2D eigenvalue weighted by molar-refractivity contribution is -0.0775. The molecule has 0 saturated carbocycles. The van der Waals surface area contributed by atoms with Gasteiger partial charge >= 0.3 is 0 Å². The van der Waals surface area contributed by atoms with Crippen LogP contribution in [0.15, 0.2) is 0 Å². The molecule has 1 N–H and O–H groups in total. The SMILES string of the molecule is CCNC1CCOCC1OCC1CCOC1. The predicted octanol–water partition coefficient (Wildman–Crippen LogP) is 0.806. The quantitative estimate of drug-likeness (QED) is 0.757. The van der Waals surface area contributed by atoms with Crippen LogP contribution in [0.25, 0.3) is 0 Å². The number of hydrogen-bond donors (Lipinski definition) is 1. The fourth-order valence-electron chi connectivity index (χ4n) is 2.35. The Labute approximate surface area is 97.6 Å². The van der Waals surface area contributed by atoms with Gasteiger partial charge in [-0.1, -0.05) is 6.92 Å². The lowest BCUT2D eigenvalue weighted by Gasteiger charge is -2.32. The Bertz CT molecular complexity index is 193. The van der Waals surface area contributed by atoms with Crippen LogP contribution < -0.4 is 5.32 Å². The summed E-state index contributed by atoms with van der Waals surface area (Å²) in [6.07, 6.45) is 2.41. The van der Waals surface area contributed by atoms with E-state index in [2.05, 4.69) is 12.2 Å². The van der Waals surface area contributed by atoms with Crippen LogP contribution in [-0.2, 0) is 14.2 Å². The zero-order chi connectivity index (χ0) is 11.2. The summed E-state index contributed by atoms with van der Waals surface area (Å²) in [5, 5.41) is 3.47. The van der Waals surface area contributed by atoms with Crippen molar-refractivity contribution in [2.75, 3.05) is 39.6 Å². The van der Waals surface area contributed by atoms with Gasteiger partial charge in [-0.25, -0.2) is 0 Å². The molecule has 94 valence electrons. The van der Waals surface area contributed by atoms with Gasteiger partial charge in [0.2, 0.25) is 0 Å². The first kappa shape index (κ1) is 12.3. The molecule has 0 aromatic carbocycles. The molecule has 0 aromatic rings. The van der Waals surface area contributed by atoms with E-state index in [1.165, 1.54) is 0 Å². The van der Waals surface area contributed by atoms with E-state index in [9.17, 15) is 0 Å². The first-order chi connectivity index (χ1) is 7.90. The zero-order valence-electron chi connectivity index (χ0n) is 10.1. The number of nitrogens with one attached hydrogen (secondary N) is 1. The minimum absolute atomic E-state index is 0.217. The lowest BCUT2D eigenvalue weighted by Crippen LogP contribution is -2.48. The Morgan fingerprint density at radius 3 is 2.75 bits per heavy atom. The second-order valence-corrected chi connectivity index (χ2v) is 4.63. The van der Waals surface area contributed by atoms with Crippen molar-refractivity contribution < 1.29 is 14.2 Å². The molecule has 2 rings (SSSR count). The van der Waals surface area contributed by atoms with E-state index in [0.717, 1.165) is 52.4 Å². The molecule has 0 spiro atoms. The van der Waals surface area contributed by atoms with E-state index in [1.807, 2.05) is 0 Å². The first-order valence-electron chi connectivity index (χ1n) is 6.40. The maximum atomic E-state index is 5.96. The number of ether oxygens (including phenoxy) is 3. The highest BCUT2D eigenvalue weighted by Crippen LogP contribution is 2.17. The molecule has 2 heterocycles. The van der Waals surface area contributed by atoms with Crippen molar-refractivity contribution in [3.63, 3.8) is 0 Å². The molecule has 2 aliphatic rings. The predicted molar refractivity (Wildman–Crippen MR) is 61.6 cm³/mol. The molecule has 2 aliphatic heterocycles. The highest BCUT2D eigenvalue weighted by atomic mass is 16.5. The summed E-state index contributed by atoms with van der Waals surface area (Å²) < 4.78 is 16.8. The molecule has 0 bridgehead atoms. The van der Waals surface area contributed by atoms with Gasteiger partial charge in [0.15, 0.2) is 0 Å². The minimum Gasteiger partial charge on any atom is -0.381 e. The smallest absolute Gasteiger partial charge is 0.0961 e. The third-order valence-electron chi connectivity index (χ3n) is 3.34. The molecule has 3 unspecified atom stereocenters. The first-order valence-corrected chi connectivity index (χ1v) is 6.40. The van der Waals surface area contributed by atoms with Gasteiger partial charge in [-0.3, -0.25) is 0 Å². The second-order valence-electron chi connectivity index (χ2n) is 4.63. The van der Waals surface area contributed by atoms with Crippen molar-refractivity contribution in [3.05, 3.63) is 0 Å². The molecule has 2 saturated heterocycles. The molecule has 0 amide bonds. The van der Waals surface area contributed by atoms with E-state index in [-0.39, 0.29) is 6.10 Å². The highest BCUT2D eigenvalue weighted by molar-refractivity contribution is 4.80. The summed E-state index contributed by atoms with van der Waals surface area (Å²) in [7, 11) is 0. The molecule has 16 heavy (non-hydrogen) atoms. The van der Waals surface area contributed by atoms with Crippen molar-refractivity contribution in [2.45, 2.75) is 31.9 Å². The molecule has 4 heteroatoms. The molecule has 0 radical (unpaired) electrons. The van der Waals surface area contributed by atoms with Crippen LogP contribution in [0.2, 0.25) is 0 Å². The van der Waals surface area contributed by atoms with Crippen LogP contribution in [0.1, 0.15) is 19.8 Å². The Hall–Kier alpha value is -0.160. The van der Waals surface area contributed by atoms with Crippen molar-refractivity contribution >= 4 is 0 Å². The van der Waals surface area contributed by atoms with Gasteiger partial charge in [-0.15, -0.1) is 0 Å². The monoisotopic (exact) mass is 229 g/mol. The van der Waals surface area contributed by atoms with Crippen LogP contribution in [0.3, 0.4) is 0 Å². The summed E-state index contributed by atoms with van der Waals surface area (Å²) in [6, 6.07) is 0.459. The molecule has 4 nitrogen and oxygen atoms in total. The lowest BCUT2D eigenvalue weighted by atomic mass is 10.1. The molecule has 0 aliphatic carbocycles. The Morgan fingerprint density at radius 1 is 1.19 bits per heavy atom. The van der Waals surface area contributed by atoms with E-state index in [4.69, 9.17) is 14.2 Å². The summed E-state index contributed by atoms with van der Waals surface area (Å²) in [6.45, 7) is 7.28. The number of likely N-dealkylation sites (N-methyl/N-ethyl adjacent to an activating group) is 1.